The predicted molar refractivity (Wildman–Crippen MR) is 65.5 cm³/mol. The van der Waals surface area contributed by atoms with Crippen LogP contribution in [0.2, 0.25) is 5.02 Å². The Balaban J connectivity index is 2.37. The molecule has 2 aromatic carbocycles. The van der Waals surface area contributed by atoms with Crippen LogP contribution in [0.4, 0.5) is 30.2 Å². The van der Waals surface area contributed by atoms with Gasteiger partial charge in [-0.15, -0.1) is 0 Å². The van der Waals surface area contributed by atoms with E-state index in [-0.39, 0.29) is 5.69 Å². The lowest BCUT2D eigenvalue weighted by Gasteiger charge is -2.10. The Morgan fingerprint density at radius 3 is 2.22 bits per heavy atom. The van der Waals surface area contributed by atoms with Crippen LogP contribution in [0.1, 0.15) is 0 Å². The summed E-state index contributed by atoms with van der Waals surface area (Å²) < 4.78 is 38.8. The molecule has 0 bridgehead atoms. The van der Waals surface area contributed by atoms with Crippen LogP contribution in [0.25, 0.3) is 0 Å². The predicted octanol–water partition coefficient (Wildman–Crippen LogP) is 4.08. The van der Waals surface area contributed by atoms with Gasteiger partial charge in [0.15, 0.2) is 17.5 Å². The van der Waals surface area contributed by atoms with Crippen molar-refractivity contribution in [2.75, 3.05) is 11.1 Å². The van der Waals surface area contributed by atoms with E-state index in [2.05, 4.69) is 5.32 Å². The number of halogens is 4. The zero-order chi connectivity index (χ0) is 13.3. The van der Waals surface area contributed by atoms with E-state index in [0.29, 0.717) is 16.4 Å². The fourth-order valence-corrected chi connectivity index (χ4v) is 1.59. The first-order chi connectivity index (χ1) is 8.47. The standard InChI is InChI=1S/C12H8ClF3N2/c13-6-1-2-10(17)11(3-6)18-7-4-8(14)12(16)9(15)5-7/h1-5,18H,17H2. The topological polar surface area (TPSA) is 38.0 Å². The molecule has 0 aliphatic carbocycles. The average Bonchev–Trinajstić information content (AvgIpc) is 2.31. The molecule has 0 atom stereocenters. The van der Waals surface area contributed by atoms with Crippen LogP contribution < -0.4 is 11.1 Å². The third-order valence-electron chi connectivity index (χ3n) is 2.28. The zero-order valence-corrected chi connectivity index (χ0v) is 9.73. The second-order valence-corrected chi connectivity index (χ2v) is 4.05. The number of hydrogen-bond donors (Lipinski definition) is 2. The van der Waals surface area contributed by atoms with Crippen LogP contribution in [-0.4, -0.2) is 0 Å². The van der Waals surface area contributed by atoms with Crippen molar-refractivity contribution in [3.05, 3.63) is 52.8 Å². The number of hydrogen-bond acceptors (Lipinski definition) is 2. The Labute approximate surface area is 106 Å². The summed E-state index contributed by atoms with van der Waals surface area (Å²) in [6, 6.07) is 6.28. The summed E-state index contributed by atoms with van der Waals surface area (Å²) in [6.45, 7) is 0. The number of rotatable bonds is 2. The highest BCUT2D eigenvalue weighted by Gasteiger charge is 2.11. The molecule has 2 nitrogen and oxygen atoms in total. The van der Waals surface area contributed by atoms with E-state index in [1.165, 1.54) is 6.07 Å². The lowest BCUT2D eigenvalue weighted by atomic mass is 10.2. The molecule has 0 aromatic heterocycles. The van der Waals surface area contributed by atoms with Crippen molar-refractivity contribution >= 4 is 28.7 Å². The zero-order valence-electron chi connectivity index (χ0n) is 8.98. The lowest BCUT2D eigenvalue weighted by Crippen LogP contribution is -1.99. The Bertz CT molecular complexity index is 579. The molecule has 0 aliphatic heterocycles. The average molecular weight is 273 g/mol. The first-order valence-electron chi connectivity index (χ1n) is 4.94. The maximum absolute atomic E-state index is 13.0. The molecule has 0 saturated heterocycles. The van der Waals surface area contributed by atoms with Gasteiger partial charge in [0.25, 0.3) is 0 Å². The van der Waals surface area contributed by atoms with Gasteiger partial charge in [-0.3, -0.25) is 0 Å². The summed E-state index contributed by atoms with van der Waals surface area (Å²) in [7, 11) is 0. The molecule has 0 unspecified atom stereocenters. The molecule has 0 aliphatic rings. The third-order valence-corrected chi connectivity index (χ3v) is 2.51. The largest absolute Gasteiger partial charge is 0.397 e. The minimum absolute atomic E-state index is 0.0420. The van der Waals surface area contributed by atoms with Gasteiger partial charge < -0.3 is 11.1 Å². The summed E-state index contributed by atoms with van der Waals surface area (Å²) in [5.41, 5.74) is 6.44. The van der Waals surface area contributed by atoms with Gasteiger partial charge in [-0.05, 0) is 18.2 Å². The summed E-state index contributed by atoms with van der Waals surface area (Å²) in [6.07, 6.45) is 0. The highest BCUT2D eigenvalue weighted by Crippen LogP contribution is 2.27. The number of nitrogens with two attached hydrogens (primary N) is 1. The molecular formula is C12H8ClF3N2. The molecule has 0 radical (unpaired) electrons. The van der Waals surface area contributed by atoms with E-state index in [1.807, 2.05) is 0 Å². The normalized spacial score (nSPS) is 10.4. The Morgan fingerprint density at radius 2 is 1.61 bits per heavy atom. The van der Waals surface area contributed by atoms with Crippen LogP contribution in [-0.2, 0) is 0 Å². The second kappa shape index (κ2) is 4.78. The highest BCUT2D eigenvalue weighted by molar-refractivity contribution is 6.31. The Hall–Kier alpha value is -1.88. The first-order valence-corrected chi connectivity index (χ1v) is 5.32. The number of nitrogens with one attached hydrogen (secondary N) is 1. The third kappa shape index (κ3) is 2.51. The van der Waals surface area contributed by atoms with Gasteiger partial charge in [-0.25, -0.2) is 13.2 Å². The Morgan fingerprint density at radius 1 is 1.00 bits per heavy atom. The van der Waals surface area contributed by atoms with E-state index in [1.54, 1.807) is 12.1 Å². The number of nitrogen functional groups attached to an aromatic ring is 1. The van der Waals surface area contributed by atoms with E-state index in [0.717, 1.165) is 12.1 Å². The van der Waals surface area contributed by atoms with Crippen molar-refractivity contribution in [1.82, 2.24) is 0 Å². The molecule has 2 aromatic rings. The number of anilines is 3. The van der Waals surface area contributed by atoms with Crippen molar-refractivity contribution in [2.24, 2.45) is 0 Å². The van der Waals surface area contributed by atoms with Crippen molar-refractivity contribution in [2.45, 2.75) is 0 Å². The highest BCUT2D eigenvalue weighted by atomic mass is 35.5. The van der Waals surface area contributed by atoms with Gasteiger partial charge in [0.05, 0.1) is 11.4 Å². The summed E-state index contributed by atoms with van der Waals surface area (Å²) >= 11 is 5.77. The van der Waals surface area contributed by atoms with Crippen LogP contribution in [0, 0.1) is 17.5 Å². The minimum Gasteiger partial charge on any atom is -0.397 e. The molecule has 0 spiro atoms. The van der Waals surface area contributed by atoms with E-state index in [4.69, 9.17) is 17.3 Å². The van der Waals surface area contributed by atoms with Crippen molar-refractivity contribution in [3.8, 4) is 0 Å². The van der Waals surface area contributed by atoms with Gasteiger partial charge in [-0.2, -0.15) is 0 Å². The molecule has 18 heavy (non-hydrogen) atoms. The summed E-state index contributed by atoms with van der Waals surface area (Å²) in [5, 5.41) is 3.08. The monoisotopic (exact) mass is 272 g/mol. The summed E-state index contributed by atoms with van der Waals surface area (Å²) in [4.78, 5) is 0. The number of benzene rings is 2. The molecule has 3 N–H and O–H groups in total. The van der Waals surface area contributed by atoms with Crippen LogP contribution in [0.5, 0.6) is 0 Å². The van der Waals surface area contributed by atoms with Gasteiger partial charge >= 0.3 is 0 Å². The van der Waals surface area contributed by atoms with Gasteiger partial charge in [-0.1, -0.05) is 11.6 Å². The van der Waals surface area contributed by atoms with Gasteiger partial charge in [0.2, 0.25) is 0 Å². The maximum Gasteiger partial charge on any atom is 0.194 e. The lowest BCUT2D eigenvalue weighted by molar-refractivity contribution is 0.448. The van der Waals surface area contributed by atoms with Crippen molar-refractivity contribution in [1.29, 1.82) is 0 Å². The van der Waals surface area contributed by atoms with Crippen molar-refractivity contribution < 1.29 is 13.2 Å². The fourth-order valence-electron chi connectivity index (χ4n) is 1.42. The quantitative estimate of drug-likeness (QED) is 0.638. The smallest absolute Gasteiger partial charge is 0.194 e. The van der Waals surface area contributed by atoms with E-state index in [9.17, 15) is 13.2 Å². The van der Waals surface area contributed by atoms with Crippen LogP contribution in [0.3, 0.4) is 0 Å². The molecule has 0 heterocycles. The SMILES string of the molecule is Nc1ccc(Cl)cc1Nc1cc(F)c(F)c(F)c1. The molecule has 2 rings (SSSR count). The molecule has 0 fully saturated rings. The van der Waals surface area contributed by atoms with Crippen LogP contribution in [0.15, 0.2) is 30.3 Å². The van der Waals surface area contributed by atoms with Gasteiger partial charge in [0.1, 0.15) is 0 Å². The minimum atomic E-state index is -1.51. The molecule has 0 saturated carbocycles. The molecule has 94 valence electrons. The van der Waals surface area contributed by atoms with Gasteiger partial charge in [0, 0.05) is 22.8 Å². The fraction of sp³-hybridized carbons (Fsp3) is 0. The van der Waals surface area contributed by atoms with E-state index < -0.39 is 17.5 Å². The molecule has 0 amide bonds. The van der Waals surface area contributed by atoms with Crippen molar-refractivity contribution in [3.63, 3.8) is 0 Å². The van der Waals surface area contributed by atoms with Crippen LogP contribution >= 0.6 is 11.6 Å². The summed E-state index contributed by atoms with van der Waals surface area (Å²) in [5.74, 6) is -4.07. The van der Waals surface area contributed by atoms with E-state index >= 15 is 0 Å². The Kier molecular flexibility index (Phi) is 3.34. The second-order valence-electron chi connectivity index (χ2n) is 3.61. The molecule has 6 heteroatoms. The molecular weight excluding hydrogens is 265 g/mol. The maximum atomic E-state index is 13.0. The first kappa shape index (κ1) is 12.6.